The second-order valence-electron chi connectivity index (χ2n) is 28.9. The van der Waals surface area contributed by atoms with Crippen molar-refractivity contribution in [2.75, 3.05) is 12.3 Å². The summed E-state index contributed by atoms with van der Waals surface area (Å²) < 4.78 is 0. The number of aryl methyl sites for hydroxylation is 1. The minimum Gasteiger partial charge on any atom is -0.397 e. The summed E-state index contributed by atoms with van der Waals surface area (Å²) in [6.07, 6.45) is 29.2. The lowest BCUT2D eigenvalue weighted by Crippen LogP contribution is -2.11. The van der Waals surface area contributed by atoms with E-state index >= 15 is 0 Å². The first-order chi connectivity index (χ1) is 60.2. The van der Waals surface area contributed by atoms with E-state index < -0.39 is 0 Å². The number of imidazole rings is 4. The third-order valence-electron chi connectivity index (χ3n) is 21.2. The van der Waals surface area contributed by atoms with Crippen LogP contribution in [0.1, 0.15) is 47.8 Å². The molecule has 0 bridgehead atoms. The lowest BCUT2D eigenvalue weighted by atomic mass is 10.0. The number of H-pyrrole nitrogens is 8. The van der Waals surface area contributed by atoms with Gasteiger partial charge in [0, 0.05) is 147 Å². The van der Waals surface area contributed by atoms with Crippen LogP contribution in [0.15, 0.2) is 270 Å². The van der Waals surface area contributed by atoms with Crippen molar-refractivity contribution in [3.8, 4) is 135 Å². The number of anilines is 1. The van der Waals surface area contributed by atoms with Crippen molar-refractivity contribution in [1.82, 2.24) is 126 Å². The first kappa shape index (κ1) is 82.7. The molecule has 0 saturated carbocycles. The average Bonchev–Trinajstić information content (AvgIpc) is 1.63. The fourth-order valence-electron chi connectivity index (χ4n) is 15.1. The van der Waals surface area contributed by atoms with E-state index in [2.05, 4.69) is 248 Å². The Morgan fingerprint density at radius 1 is 0.310 bits per heavy atom. The van der Waals surface area contributed by atoms with Crippen molar-refractivity contribution in [3.05, 3.63) is 281 Å². The molecule has 0 aliphatic heterocycles. The molecule has 11 N–H and O–H groups in total. The molecule has 620 valence electrons. The summed E-state index contributed by atoms with van der Waals surface area (Å²) >= 11 is 6.64. The number of pyridine rings is 8. The van der Waals surface area contributed by atoms with E-state index in [0.29, 0.717) is 11.5 Å². The van der Waals surface area contributed by atoms with Crippen LogP contribution in [0.4, 0.5) is 5.69 Å². The number of nitrogen functional groups attached to an aromatic ring is 1. The molecule has 0 aliphatic rings. The highest BCUT2D eigenvalue weighted by molar-refractivity contribution is 7.09. The average molecular weight is 1730 g/mol. The van der Waals surface area contributed by atoms with E-state index in [-0.39, 0.29) is 29.7 Å². The van der Waals surface area contributed by atoms with E-state index in [4.69, 9.17) is 25.7 Å². The van der Waals surface area contributed by atoms with Crippen molar-refractivity contribution in [3.63, 3.8) is 0 Å². The van der Waals surface area contributed by atoms with Gasteiger partial charge in [-0.3, -0.25) is 60.3 Å². The van der Waals surface area contributed by atoms with Crippen LogP contribution in [0.2, 0.25) is 0 Å². The Labute approximate surface area is 737 Å². The summed E-state index contributed by atoms with van der Waals surface area (Å²) in [5.74, 6) is 2.86. The van der Waals surface area contributed by atoms with Crippen LogP contribution in [-0.4, -0.2) is 127 Å². The lowest BCUT2D eigenvalue weighted by Gasteiger charge is -2.06. The zero-order valence-corrected chi connectivity index (χ0v) is 68.0. The number of benzene rings is 4. The Balaban J connectivity index is 0.000000117. The molecule has 0 saturated heterocycles. The van der Waals surface area contributed by atoms with Gasteiger partial charge in [0.15, 0.2) is 23.3 Å². The zero-order chi connectivity index (χ0) is 81.6. The summed E-state index contributed by atoms with van der Waals surface area (Å²) in [5.41, 5.74) is 40.0. The molecule has 0 fully saturated rings. The minimum atomic E-state index is 0. The summed E-state index contributed by atoms with van der Waals surface area (Å²) in [4.78, 5) is 67.8. The summed E-state index contributed by atoms with van der Waals surface area (Å²) in [6, 6.07) is 43.3. The Kier molecular flexibility index (Phi) is 23.5. The number of nitrogens with zero attached hydrogens (tertiary/aromatic N) is 16. The maximum absolute atomic E-state index is 5.91. The van der Waals surface area contributed by atoms with Gasteiger partial charge >= 0.3 is 0 Å². The molecular formula is C96H82N26S4. The van der Waals surface area contributed by atoms with E-state index in [1.807, 2.05) is 104 Å². The van der Waals surface area contributed by atoms with Gasteiger partial charge < -0.3 is 31.0 Å². The van der Waals surface area contributed by atoms with Crippen LogP contribution >= 0.6 is 45.3 Å². The number of fused-ring (bicyclic) bond motifs is 8. The minimum absolute atomic E-state index is 0. The molecule has 26 nitrogen and oxygen atoms in total. The number of aromatic amines is 8. The molecule has 20 heterocycles. The van der Waals surface area contributed by atoms with Gasteiger partial charge in [-0.1, -0.05) is 67.0 Å². The molecule has 0 unspecified atom stereocenters. The maximum atomic E-state index is 5.91. The number of aromatic nitrogens is 24. The predicted octanol–water partition coefficient (Wildman–Crippen LogP) is 23.7. The molecule has 126 heavy (non-hydrogen) atoms. The first-order valence-electron chi connectivity index (χ1n) is 38.8. The summed E-state index contributed by atoms with van der Waals surface area (Å²) in [6.45, 7) is 5.92. The number of hydrogen-bond acceptors (Lipinski definition) is 22. The van der Waals surface area contributed by atoms with Gasteiger partial charge in [0.05, 0.1) is 74.6 Å². The summed E-state index contributed by atoms with van der Waals surface area (Å²) in [7, 11) is 0. The number of nitrogens with one attached hydrogen (secondary N) is 9. The van der Waals surface area contributed by atoms with Crippen LogP contribution in [0.3, 0.4) is 0 Å². The first-order valence-corrected chi connectivity index (χ1v) is 42.5. The molecule has 0 radical (unpaired) electrons. The van der Waals surface area contributed by atoms with Crippen LogP contribution in [0.25, 0.3) is 223 Å². The lowest BCUT2D eigenvalue weighted by molar-refractivity contribution is 0.724. The van der Waals surface area contributed by atoms with E-state index in [0.717, 1.165) is 236 Å². The van der Waals surface area contributed by atoms with Gasteiger partial charge in [-0.25, -0.2) is 19.9 Å². The van der Waals surface area contributed by atoms with Gasteiger partial charge in [0.2, 0.25) is 0 Å². The SMILES string of the molecule is C.C.C.C.CCNCc1cncc(-c2ccc3[nH]nc(-c4nc5c(-c6ccsc6)cncc5[nH]4)c3c2)c1.Cc1ccncc1-c1ccc2[nH]nc(-c3nc4c(-c5ccsc5)cncc4[nH]3)c2c1.Nc1cncc(-c2ccc3[nH]nc(-c4nc5c(-c6ccsc6)cncc5[nH]4)c3c2)c1.c1cncc(-c2ccc3[nH]nc(-c4nc5c(-c6ccsc6)cncc5[nH]4)c3c2)c1. The van der Waals surface area contributed by atoms with Gasteiger partial charge in [0.1, 0.15) is 44.8 Å². The molecule has 24 aromatic rings. The highest BCUT2D eigenvalue weighted by atomic mass is 32.1. The maximum Gasteiger partial charge on any atom is 0.159 e. The van der Waals surface area contributed by atoms with Gasteiger partial charge in [-0.15, -0.1) is 0 Å². The Morgan fingerprint density at radius 2 is 0.659 bits per heavy atom. The highest BCUT2D eigenvalue weighted by Crippen LogP contribution is 2.40. The zero-order valence-electron chi connectivity index (χ0n) is 64.8. The number of rotatable bonds is 15. The molecule has 0 amide bonds. The summed E-state index contributed by atoms with van der Waals surface area (Å²) in [5, 5.41) is 54.7. The van der Waals surface area contributed by atoms with Crippen molar-refractivity contribution >= 4 is 139 Å². The second kappa shape index (κ2) is 35.8. The Morgan fingerprint density at radius 3 is 1.02 bits per heavy atom. The Bertz CT molecular complexity index is 7890. The number of thiophene rings is 4. The van der Waals surface area contributed by atoms with Crippen LogP contribution in [-0.2, 0) is 6.54 Å². The normalized spacial score (nSPS) is 11.1. The molecule has 24 rings (SSSR count). The van der Waals surface area contributed by atoms with E-state index in [9.17, 15) is 0 Å². The fourth-order valence-corrected chi connectivity index (χ4v) is 17.7. The van der Waals surface area contributed by atoms with Crippen molar-refractivity contribution in [2.45, 2.75) is 50.1 Å². The molecule has 0 atom stereocenters. The van der Waals surface area contributed by atoms with Crippen LogP contribution in [0, 0.1) is 6.92 Å². The van der Waals surface area contributed by atoms with Crippen molar-refractivity contribution in [1.29, 1.82) is 0 Å². The molecular weight excluding hydrogens is 1650 g/mol. The van der Waals surface area contributed by atoms with Gasteiger partial charge in [-0.2, -0.15) is 65.7 Å². The highest BCUT2D eigenvalue weighted by Gasteiger charge is 2.23. The van der Waals surface area contributed by atoms with Crippen LogP contribution < -0.4 is 11.1 Å². The molecule has 4 aromatic carbocycles. The van der Waals surface area contributed by atoms with E-state index in [1.165, 1.54) is 5.56 Å². The topological polar surface area (TPSA) is 371 Å². The van der Waals surface area contributed by atoms with Gasteiger partial charge in [-0.05, 0) is 209 Å². The number of nitrogens with two attached hydrogens (primary N) is 1. The Hall–Kier alpha value is -15.6. The molecule has 0 aliphatic carbocycles. The largest absolute Gasteiger partial charge is 0.397 e. The smallest absolute Gasteiger partial charge is 0.159 e. The molecule has 30 heteroatoms. The standard InChI is InChI=1S/C25H21N7S.C23H16N6S.C22H15N7S.C22H14N6S.4CH4/c1-2-26-9-15-7-18(11-27-10-15)16-3-4-21-19(8-16)24(32-31-21)25-29-22-13-28-12-20(23(22)30-25)17-5-6-33-14-17;1-13-4-6-24-9-17(13)14-2-3-19-16(8-14)22(29-28-19)23-26-20-11-25-10-18(21(20)27-23)15-5-7-30-12-15;23-15-5-14(7-24-8-15)12-1-2-18-16(6-12)21(29-28-18)22-26-19-10-25-9-17(20(19)27-22)13-3-4-30-11-13;1-2-14(9-23-6-1)13-3-4-18-16(8-13)21(28-27-18)22-25-19-11-24-10-17(20(19)26-22)15-5-7-29-12-15;;;;/h3-8,10-14,26H,2,9H2,1H3,(H,29,30)(H,31,32);2-12H,1H3,(H,26,27)(H,28,29);1-11H,23H2,(H,26,27)(H,28,29);1-12H,(H,25,26)(H,27,28);4*1H4. The number of hydrogen-bond donors (Lipinski definition) is 10. The van der Waals surface area contributed by atoms with Crippen molar-refractivity contribution < 1.29 is 0 Å². The predicted molar refractivity (Wildman–Crippen MR) is 516 cm³/mol. The second-order valence-corrected chi connectivity index (χ2v) is 32.0. The monoisotopic (exact) mass is 1730 g/mol. The quantitative estimate of drug-likeness (QED) is 0.0456. The van der Waals surface area contributed by atoms with Gasteiger partial charge in [0.25, 0.3) is 0 Å². The van der Waals surface area contributed by atoms with Crippen LogP contribution in [0.5, 0.6) is 0 Å². The third kappa shape index (κ3) is 16.0. The van der Waals surface area contributed by atoms with Crippen molar-refractivity contribution in [2.24, 2.45) is 0 Å². The molecule has 20 aromatic heterocycles. The third-order valence-corrected chi connectivity index (χ3v) is 23.9. The van der Waals surface area contributed by atoms with E-state index in [1.54, 1.807) is 82.5 Å². The molecule has 0 spiro atoms. The fraction of sp³-hybridized carbons (Fsp3) is 0.0833.